The van der Waals surface area contributed by atoms with Gasteiger partial charge in [0.2, 0.25) is 0 Å². The molecule has 0 radical (unpaired) electrons. The number of hydrogen-bond acceptors (Lipinski definition) is 2. The second kappa shape index (κ2) is 7.38. The minimum absolute atomic E-state index is 0.575. The highest BCUT2D eigenvalue weighted by atomic mass is 16.5. The maximum Gasteiger partial charge on any atom is 0.0591 e. The van der Waals surface area contributed by atoms with Gasteiger partial charge in [0.15, 0.2) is 0 Å². The lowest BCUT2D eigenvalue weighted by Gasteiger charge is -2.34. The van der Waals surface area contributed by atoms with Crippen molar-refractivity contribution >= 4 is 0 Å². The van der Waals surface area contributed by atoms with Gasteiger partial charge >= 0.3 is 0 Å². The van der Waals surface area contributed by atoms with Crippen molar-refractivity contribution < 1.29 is 4.74 Å². The molecule has 0 bridgehead atoms. The van der Waals surface area contributed by atoms with Gasteiger partial charge in [0.05, 0.1) is 6.61 Å². The van der Waals surface area contributed by atoms with E-state index in [0.717, 1.165) is 31.7 Å². The second-order valence-corrected chi connectivity index (χ2v) is 6.69. The zero-order valence-electron chi connectivity index (χ0n) is 12.2. The molecule has 0 atom stereocenters. The molecular weight excluding hydrogens is 210 g/mol. The Morgan fingerprint density at radius 2 is 1.82 bits per heavy atom. The molecule has 1 aliphatic carbocycles. The minimum Gasteiger partial charge on any atom is -0.380 e. The van der Waals surface area contributed by atoms with E-state index >= 15 is 0 Å². The molecule has 17 heavy (non-hydrogen) atoms. The summed E-state index contributed by atoms with van der Waals surface area (Å²) >= 11 is 0. The van der Waals surface area contributed by atoms with E-state index in [-0.39, 0.29) is 0 Å². The van der Waals surface area contributed by atoms with Gasteiger partial charge in [0, 0.05) is 19.2 Å². The third kappa shape index (κ3) is 7.05. The molecule has 0 heterocycles. The van der Waals surface area contributed by atoms with Crippen molar-refractivity contribution in [3.05, 3.63) is 0 Å². The van der Waals surface area contributed by atoms with Gasteiger partial charge in [-0.3, -0.25) is 0 Å². The highest BCUT2D eigenvalue weighted by molar-refractivity contribution is 4.81. The van der Waals surface area contributed by atoms with E-state index in [0.29, 0.717) is 5.41 Å². The Labute approximate surface area is 108 Å². The molecule has 1 saturated carbocycles. The largest absolute Gasteiger partial charge is 0.380 e. The quantitative estimate of drug-likeness (QED) is 0.688. The van der Waals surface area contributed by atoms with Crippen molar-refractivity contribution in [2.75, 3.05) is 19.8 Å². The smallest absolute Gasteiger partial charge is 0.0591 e. The molecule has 0 aliphatic heterocycles. The van der Waals surface area contributed by atoms with Gasteiger partial charge in [-0.2, -0.15) is 0 Å². The third-order valence-corrected chi connectivity index (χ3v) is 3.86. The molecule has 1 N–H and O–H groups in total. The van der Waals surface area contributed by atoms with Gasteiger partial charge in [0.1, 0.15) is 0 Å². The summed E-state index contributed by atoms with van der Waals surface area (Å²) in [4.78, 5) is 0. The fourth-order valence-electron chi connectivity index (χ4n) is 2.36. The summed E-state index contributed by atoms with van der Waals surface area (Å²) in [5.41, 5.74) is 0.575. The normalized spacial score (nSPS) is 21.0. The lowest BCUT2D eigenvalue weighted by molar-refractivity contribution is 0.118. The highest BCUT2D eigenvalue weighted by Crippen LogP contribution is 2.34. The van der Waals surface area contributed by atoms with Gasteiger partial charge in [-0.05, 0) is 43.4 Å². The van der Waals surface area contributed by atoms with Crippen LogP contribution < -0.4 is 5.32 Å². The van der Waals surface area contributed by atoms with Crippen LogP contribution in [0.1, 0.15) is 59.8 Å². The van der Waals surface area contributed by atoms with Crippen LogP contribution in [0.4, 0.5) is 0 Å². The number of hydrogen-bond donors (Lipinski definition) is 1. The van der Waals surface area contributed by atoms with E-state index in [1.54, 1.807) is 0 Å². The van der Waals surface area contributed by atoms with Crippen LogP contribution in [0.25, 0.3) is 0 Å². The van der Waals surface area contributed by atoms with Crippen molar-refractivity contribution in [3.63, 3.8) is 0 Å². The van der Waals surface area contributed by atoms with Crippen LogP contribution in [0, 0.1) is 11.3 Å². The molecule has 0 aromatic heterocycles. The molecule has 1 rings (SSSR count). The molecule has 0 spiro atoms. The lowest BCUT2D eigenvalue weighted by atomic mass is 9.75. The summed E-state index contributed by atoms with van der Waals surface area (Å²) in [6.07, 6.45) is 6.56. The minimum atomic E-state index is 0.575. The summed E-state index contributed by atoms with van der Waals surface area (Å²) in [7, 11) is 0. The van der Waals surface area contributed by atoms with Crippen molar-refractivity contribution in [2.45, 2.75) is 65.8 Å². The predicted octanol–water partition coefficient (Wildman–Crippen LogP) is 3.61. The monoisotopic (exact) mass is 241 g/mol. The summed E-state index contributed by atoms with van der Waals surface area (Å²) in [6.45, 7) is 12.1. The summed E-state index contributed by atoms with van der Waals surface area (Å²) < 4.78 is 5.61. The Kier molecular flexibility index (Phi) is 6.50. The van der Waals surface area contributed by atoms with Gasteiger partial charge < -0.3 is 10.1 Å². The molecule has 102 valence electrons. The Bertz CT molecular complexity index is 191. The van der Waals surface area contributed by atoms with Gasteiger partial charge in [-0.1, -0.05) is 27.7 Å². The first kappa shape index (κ1) is 15.0. The Hall–Kier alpha value is -0.0800. The van der Waals surface area contributed by atoms with Crippen molar-refractivity contribution in [2.24, 2.45) is 11.3 Å². The van der Waals surface area contributed by atoms with Crippen LogP contribution in [0.15, 0.2) is 0 Å². The average Bonchev–Trinajstić information content (AvgIpc) is 2.25. The first-order valence-corrected chi connectivity index (χ1v) is 7.31. The summed E-state index contributed by atoms with van der Waals surface area (Å²) in [5.74, 6) is 0.753. The Morgan fingerprint density at radius 1 is 1.18 bits per heavy atom. The number of nitrogens with one attached hydrogen (secondary N) is 1. The molecule has 1 aliphatic rings. The van der Waals surface area contributed by atoms with Crippen molar-refractivity contribution in [1.82, 2.24) is 5.32 Å². The number of rotatable bonds is 7. The van der Waals surface area contributed by atoms with E-state index in [9.17, 15) is 0 Å². The number of ether oxygens (including phenoxy) is 1. The Morgan fingerprint density at radius 3 is 2.41 bits per heavy atom. The topological polar surface area (TPSA) is 21.3 Å². The molecule has 0 saturated heterocycles. The SMILES string of the molecule is CC(C)CCOCCNC1CCC(C)(C)CC1. The Balaban J connectivity index is 1.94. The van der Waals surface area contributed by atoms with Crippen LogP contribution in [0.3, 0.4) is 0 Å². The molecule has 1 fully saturated rings. The predicted molar refractivity (Wildman–Crippen MR) is 74.3 cm³/mol. The van der Waals surface area contributed by atoms with E-state index in [2.05, 4.69) is 33.0 Å². The maximum atomic E-state index is 5.61. The van der Waals surface area contributed by atoms with E-state index < -0.39 is 0 Å². The zero-order chi connectivity index (χ0) is 12.7. The van der Waals surface area contributed by atoms with Gasteiger partial charge in [-0.25, -0.2) is 0 Å². The first-order valence-electron chi connectivity index (χ1n) is 7.31. The maximum absolute atomic E-state index is 5.61. The van der Waals surface area contributed by atoms with Crippen molar-refractivity contribution in [3.8, 4) is 0 Å². The summed E-state index contributed by atoms with van der Waals surface area (Å²) in [6, 6.07) is 0.733. The van der Waals surface area contributed by atoms with Crippen LogP contribution in [0.5, 0.6) is 0 Å². The molecule has 0 aromatic rings. The third-order valence-electron chi connectivity index (χ3n) is 3.86. The van der Waals surface area contributed by atoms with Gasteiger partial charge in [-0.15, -0.1) is 0 Å². The molecule has 0 aromatic carbocycles. The van der Waals surface area contributed by atoms with E-state index in [4.69, 9.17) is 4.74 Å². The van der Waals surface area contributed by atoms with Crippen molar-refractivity contribution in [1.29, 1.82) is 0 Å². The van der Waals surface area contributed by atoms with Crippen LogP contribution in [-0.2, 0) is 4.74 Å². The second-order valence-electron chi connectivity index (χ2n) is 6.69. The van der Waals surface area contributed by atoms with E-state index in [1.807, 2.05) is 0 Å². The van der Waals surface area contributed by atoms with E-state index in [1.165, 1.54) is 32.1 Å². The highest BCUT2D eigenvalue weighted by Gasteiger charge is 2.26. The summed E-state index contributed by atoms with van der Waals surface area (Å²) in [5, 5.41) is 3.62. The molecule has 0 amide bonds. The molecule has 2 nitrogen and oxygen atoms in total. The first-order chi connectivity index (χ1) is 7.99. The molecule has 0 unspecified atom stereocenters. The van der Waals surface area contributed by atoms with Crippen LogP contribution >= 0.6 is 0 Å². The fourth-order valence-corrected chi connectivity index (χ4v) is 2.36. The fraction of sp³-hybridized carbons (Fsp3) is 1.00. The van der Waals surface area contributed by atoms with Crippen LogP contribution in [0.2, 0.25) is 0 Å². The molecular formula is C15H31NO. The lowest BCUT2D eigenvalue weighted by Crippen LogP contribution is -2.37. The average molecular weight is 241 g/mol. The van der Waals surface area contributed by atoms with Crippen LogP contribution in [-0.4, -0.2) is 25.8 Å². The zero-order valence-corrected chi connectivity index (χ0v) is 12.2. The standard InChI is InChI=1S/C15H31NO/c1-13(2)7-11-17-12-10-16-14-5-8-15(3,4)9-6-14/h13-14,16H,5-12H2,1-4H3. The van der Waals surface area contributed by atoms with Gasteiger partial charge in [0.25, 0.3) is 0 Å². The molecule has 2 heteroatoms.